The van der Waals surface area contributed by atoms with Gasteiger partial charge >= 0.3 is 5.63 Å². The lowest BCUT2D eigenvalue weighted by atomic mass is 10.2. The van der Waals surface area contributed by atoms with Crippen molar-refractivity contribution in [2.24, 2.45) is 0 Å². The van der Waals surface area contributed by atoms with E-state index >= 15 is 0 Å². The van der Waals surface area contributed by atoms with Crippen LogP contribution < -0.4 is 5.63 Å². The van der Waals surface area contributed by atoms with Crippen LogP contribution in [0, 0.1) is 6.92 Å². The van der Waals surface area contributed by atoms with Gasteiger partial charge in [0.25, 0.3) is 0 Å². The molecule has 0 unspecified atom stereocenters. The Kier molecular flexibility index (Phi) is 1.90. The van der Waals surface area contributed by atoms with Crippen LogP contribution in [0.5, 0.6) is 0 Å². The third-order valence-electron chi connectivity index (χ3n) is 1.36. The van der Waals surface area contributed by atoms with Crippen LogP contribution in [0.2, 0.25) is 0 Å². The Morgan fingerprint density at radius 3 is 2.70 bits per heavy atom. The third-order valence-corrected chi connectivity index (χ3v) is 1.36. The summed E-state index contributed by atoms with van der Waals surface area (Å²) in [5, 5.41) is 0. The molecule has 0 saturated carbocycles. The summed E-state index contributed by atoms with van der Waals surface area (Å²) < 4.78 is 4.76. The van der Waals surface area contributed by atoms with Crippen LogP contribution in [0.4, 0.5) is 0 Å². The highest BCUT2D eigenvalue weighted by molar-refractivity contribution is 5.12. The minimum atomic E-state index is -0.253. The summed E-state index contributed by atoms with van der Waals surface area (Å²) in [5.41, 5.74) is 0.783. The summed E-state index contributed by atoms with van der Waals surface area (Å²) in [6.07, 6.45) is 0.881. The zero-order chi connectivity index (χ0) is 7.56. The molecule has 2 heteroatoms. The van der Waals surface area contributed by atoms with Crippen molar-refractivity contribution < 1.29 is 4.42 Å². The molecule has 2 nitrogen and oxygen atoms in total. The molecule has 10 heavy (non-hydrogen) atoms. The SMILES string of the molecule is CCc1cc(C)oc(=O)c1. The third kappa shape index (κ3) is 1.47. The van der Waals surface area contributed by atoms with Gasteiger partial charge in [0.05, 0.1) is 0 Å². The lowest BCUT2D eigenvalue weighted by Gasteiger charge is -1.94. The van der Waals surface area contributed by atoms with Crippen molar-refractivity contribution in [3.05, 3.63) is 33.9 Å². The van der Waals surface area contributed by atoms with Gasteiger partial charge < -0.3 is 4.42 Å². The summed E-state index contributed by atoms with van der Waals surface area (Å²) in [7, 11) is 0. The average molecular weight is 138 g/mol. The highest BCUT2D eigenvalue weighted by Gasteiger charge is 1.93. The predicted octanol–water partition coefficient (Wildman–Crippen LogP) is 1.51. The number of aryl methyl sites for hydroxylation is 2. The number of hydrogen-bond acceptors (Lipinski definition) is 2. The van der Waals surface area contributed by atoms with Gasteiger partial charge in [0.2, 0.25) is 0 Å². The Labute approximate surface area is 59.5 Å². The molecule has 0 atom stereocenters. The molecule has 0 aliphatic rings. The van der Waals surface area contributed by atoms with Gasteiger partial charge in [0, 0.05) is 6.07 Å². The molecule has 1 aromatic rings. The van der Waals surface area contributed by atoms with Gasteiger partial charge in [0.15, 0.2) is 0 Å². The van der Waals surface area contributed by atoms with E-state index in [0.717, 1.165) is 12.0 Å². The molecule has 1 rings (SSSR count). The molecule has 0 aliphatic heterocycles. The molecule has 1 heterocycles. The van der Waals surface area contributed by atoms with Crippen LogP contribution in [-0.4, -0.2) is 0 Å². The molecular weight excluding hydrogens is 128 g/mol. The van der Waals surface area contributed by atoms with Crippen molar-refractivity contribution in [1.82, 2.24) is 0 Å². The van der Waals surface area contributed by atoms with Crippen molar-refractivity contribution in [3.8, 4) is 0 Å². The maximum atomic E-state index is 10.7. The molecule has 54 valence electrons. The molecule has 0 amide bonds. The topological polar surface area (TPSA) is 30.2 Å². The van der Waals surface area contributed by atoms with E-state index in [0.29, 0.717) is 5.76 Å². The zero-order valence-electron chi connectivity index (χ0n) is 6.18. The van der Waals surface area contributed by atoms with E-state index in [1.165, 1.54) is 6.07 Å². The number of rotatable bonds is 1. The largest absolute Gasteiger partial charge is 0.428 e. The second kappa shape index (κ2) is 2.69. The van der Waals surface area contributed by atoms with Gasteiger partial charge in [0.1, 0.15) is 5.76 Å². The minimum Gasteiger partial charge on any atom is -0.428 e. The van der Waals surface area contributed by atoms with Crippen LogP contribution in [0.15, 0.2) is 21.3 Å². The maximum Gasteiger partial charge on any atom is 0.336 e. The molecule has 0 N–H and O–H groups in total. The van der Waals surface area contributed by atoms with Crippen molar-refractivity contribution in [1.29, 1.82) is 0 Å². The summed E-state index contributed by atoms with van der Waals surface area (Å²) in [6, 6.07) is 3.40. The molecule has 0 spiro atoms. The van der Waals surface area contributed by atoms with E-state index < -0.39 is 0 Å². The molecule has 0 bridgehead atoms. The first-order chi connectivity index (χ1) is 4.72. The average Bonchev–Trinajstić information content (AvgIpc) is 1.85. The van der Waals surface area contributed by atoms with Crippen molar-refractivity contribution in [2.75, 3.05) is 0 Å². The summed E-state index contributed by atoms with van der Waals surface area (Å²) in [5.74, 6) is 0.685. The fraction of sp³-hybridized carbons (Fsp3) is 0.375. The molecule has 0 aliphatic carbocycles. The molecule has 1 aromatic heterocycles. The molecule has 0 radical (unpaired) electrons. The summed E-state index contributed by atoms with van der Waals surface area (Å²) >= 11 is 0. The van der Waals surface area contributed by atoms with Crippen molar-refractivity contribution in [3.63, 3.8) is 0 Å². The Bertz CT molecular complexity index is 273. The van der Waals surface area contributed by atoms with Gasteiger partial charge in [-0.3, -0.25) is 0 Å². The maximum absolute atomic E-state index is 10.7. The van der Waals surface area contributed by atoms with Gasteiger partial charge in [-0.25, -0.2) is 4.79 Å². The Morgan fingerprint density at radius 1 is 1.50 bits per heavy atom. The summed E-state index contributed by atoms with van der Waals surface area (Å²) in [4.78, 5) is 10.7. The molecule has 0 fully saturated rings. The fourth-order valence-electron chi connectivity index (χ4n) is 0.876. The van der Waals surface area contributed by atoms with E-state index in [4.69, 9.17) is 4.42 Å². The van der Waals surface area contributed by atoms with Gasteiger partial charge in [-0.2, -0.15) is 0 Å². The van der Waals surface area contributed by atoms with Crippen LogP contribution in [0.1, 0.15) is 18.2 Å². The zero-order valence-corrected chi connectivity index (χ0v) is 6.18. The first kappa shape index (κ1) is 7.06. The first-order valence-electron chi connectivity index (χ1n) is 3.33. The predicted molar refractivity (Wildman–Crippen MR) is 39.1 cm³/mol. The monoisotopic (exact) mass is 138 g/mol. The van der Waals surface area contributed by atoms with Crippen LogP contribution in [0.25, 0.3) is 0 Å². The molecular formula is C8H10O2. The van der Waals surface area contributed by atoms with Crippen molar-refractivity contribution in [2.45, 2.75) is 20.3 Å². The standard InChI is InChI=1S/C8H10O2/c1-3-7-4-6(2)10-8(9)5-7/h4-5H,3H2,1-2H3. The second-order valence-corrected chi connectivity index (χ2v) is 2.25. The Hall–Kier alpha value is -1.05. The van der Waals surface area contributed by atoms with Gasteiger partial charge in [-0.15, -0.1) is 0 Å². The minimum absolute atomic E-state index is 0.253. The number of hydrogen-bond donors (Lipinski definition) is 0. The van der Waals surface area contributed by atoms with Gasteiger partial charge in [-0.1, -0.05) is 6.92 Å². The lowest BCUT2D eigenvalue weighted by Crippen LogP contribution is -1.99. The van der Waals surface area contributed by atoms with E-state index in [9.17, 15) is 4.79 Å². The molecule has 0 aromatic carbocycles. The van der Waals surface area contributed by atoms with E-state index in [-0.39, 0.29) is 5.63 Å². The van der Waals surface area contributed by atoms with Crippen LogP contribution in [0.3, 0.4) is 0 Å². The Balaban J connectivity index is 3.19. The Morgan fingerprint density at radius 2 is 2.20 bits per heavy atom. The van der Waals surface area contributed by atoms with E-state index in [1.54, 1.807) is 6.92 Å². The highest BCUT2D eigenvalue weighted by Crippen LogP contribution is 1.99. The van der Waals surface area contributed by atoms with Crippen LogP contribution in [-0.2, 0) is 6.42 Å². The molecule has 0 saturated heterocycles. The fourth-order valence-corrected chi connectivity index (χ4v) is 0.876. The van der Waals surface area contributed by atoms with E-state index in [2.05, 4.69) is 0 Å². The van der Waals surface area contributed by atoms with Crippen LogP contribution >= 0.6 is 0 Å². The van der Waals surface area contributed by atoms with E-state index in [1.807, 2.05) is 13.0 Å². The summed E-state index contributed by atoms with van der Waals surface area (Å²) in [6.45, 7) is 3.79. The smallest absolute Gasteiger partial charge is 0.336 e. The highest BCUT2D eigenvalue weighted by atomic mass is 16.4. The lowest BCUT2D eigenvalue weighted by molar-refractivity contribution is 0.478. The normalized spacial score (nSPS) is 9.80. The second-order valence-electron chi connectivity index (χ2n) is 2.25. The quantitative estimate of drug-likeness (QED) is 0.588. The first-order valence-corrected chi connectivity index (χ1v) is 3.33. The van der Waals surface area contributed by atoms with Gasteiger partial charge in [-0.05, 0) is 25.0 Å². The van der Waals surface area contributed by atoms with Crippen molar-refractivity contribution >= 4 is 0 Å².